The molecule has 2 rings (SSSR count). The summed E-state index contributed by atoms with van der Waals surface area (Å²) in [6, 6.07) is 16.5. The van der Waals surface area contributed by atoms with E-state index in [1.807, 2.05) is 18.2 Å². The van der Waals surface area contributed by atoms with Crippen LogP contribution in [0.2, 0.25) is 0 Å². The number of hydrogen-bond donors (Lipinski definition) is 2. The Morgan fingerprint density at radius 2 is 1.62 bits per heavy atom. The minimum atomic E-state index is 0.262. The minimum Gasteiger partial charge on any atom is -0.508 e. The zero-order chi connectivity index (χ0) is 15.2. The molecule has 0 amide bonds. The van der Waals surface area contributed by atoms with E-state index < -0.39 is 0 Å². The van der Waals surface area contributed by atoms with Crippen LogP contribution in [-0.4, -0.2) is 5.11 Å². The Hall–Kier alpha value is -1.80. The Labute approximate surface area is 127 Å². The fourth-order valence-corrected chi connectivity index (χ4v) is 2.46. The molecule has 2 N–H and O–H groups in total. The lowest BCUT2D eigenvalue weighted by Crippen LogP contribution is -2.18. The van der Waals surface area contributed by atoms with Gasteiger partial charge in [0, 0.05) is 18.2 Å². The molecule has 0 aromatic heterocycles. The fraction of sp³-hybridized carbons (Fsp3) is 0.368. The smallest absolute Gasteiger partial charge is 0.120 e. The monoisotopic (exact) mass is 283 g/mol. The highest BCUT2D eigenvalue weighted by molar-refractivity contribution is 5.32. The largest absolute Gasteiger partial charge is 0.508 e. The number of aromatic hydroxyl groups is 1. The van der Waals surface area contributed by atoms with Crippen molar-refractivity contribution in [1.82, 2.24) is 5.32 Å². The Balaban J connectivity index is 1.94. The van der Waals surface area contributed by atoms with Crippen LogP contribution in [0, 0.1) is 5.92 Å². The second-order valence-corrected chi connectivity index (χ2v) is 6.07. The number of nitrogens with one attached hydrogen (secondary N) is 1. The van der Waals surface area contributed by atoms with Crippen LogP contribution in [0.3, 0.4) is 0 Å². The van der Waals surface area contributed by atoms with Gasteiger partial charge < -0.3 is 10.4 Å². The molecule has 0 bridgehead atoms. The van der Waals surface area contributed by atoms with Crippen molar-refractivity contribution in [2.45, 2.75) is 39.8 Å². The van der Waals surface area contributed by atoms with Crippen LogP contribution in [-0.2, 0) is 13.0 Å². The molecule has 0 aliphatic rings. The predicted octanol–water partition coefficient (Wildman–Crippen LogP) is 4.44. The van der Waals surface area contributed by atoms with Gasteiger partial charge >= 0.3 is 0 Å². The third kappa shape index (κ3) is 4.61. The first-order valence-corrected chi connectivity index (χ1v) is 7.65. The van der Waals surface area contributed by atoms with Crippen molar-refractivity contribution in [1.29, 1.82) is 0 Å². The molecule has 0 heterocycles. The maximum atomic E-state index is 9.77. The van der Waals surface area contributed by atoms with Gasteiger partial charge in [-0.3, -0.25) is 0 Å². The first-order chi connectivity index (χ1) is 10.1. The lowest BCUT2D eigenvalue weighted by atomic mass is 10.00. The Morgan fingerprint density at radius 1 is 0.952 bits per heavy atom. The number of para-hydroxylation sites is 1. The number of phenols is 1. The van der Waals surface area contributed by atoms with E-state index in [9.17, 15) is 5.11 Å². The molecule has 0 aliphatic carbocycles. The van der Waals surface area contributed by atoms with Crippen LogP contribution in [0.1, 0.15) is 43.5 Å². The van der Waals surface area contributed by atoms with Gasteiger partial charge in [0.15, 0.2) is 0 Å². The van der Waals surface area contributed by atoms with Gasteiger partial charge in [-0.1, -0.05) is 56.3 Å². The van der Waals surface area contributed by atoms with Gasteiger partial charge in [-0.15, -0.1) is 0 Å². The molecule has 2 nitrogen and oxygen atoms in total. The zero-order valence-electron chi connectivity index (χ0n) is 13.1. The number of benzene rings is 2. The summed E-state index contributed by atoms with van der Waals surface area (Å²) in [7, 11) is 0. The SMILES string of the molecule is CC(C)Cc1ccc(C(C)NCc2ccccc2O)cc1. The van der Waals surface area contributed by atoms with Crippen molar-refractivity contribution in [3.05, 3.63) is 65.2 Å². The predicted molar refractivity (Wildman–Crippen MR) is 88.3 cm³/mol. The molecule has 0 radical (unpaired) electrons. The highest BCUT2D eigenvalue weighted by Crippen LogP contribution is 2.19. The quantitative estimate of drug-likeness (QED) is 0.821. The molecule has 2 heteroatoms. The molecule has 2 aromatic carbocycles. The molecule has 21 heavy (non-hydrogen) atoms. The zero-order valence-corrected chi connectivity index (χ0v) is 13.1. The van der Waals surface area contributed by atoms with Gasteiger partial charge in [-0.05, 0) is 36.5 Å². The summed E-state index contributed by atoms with van der Waals surface area (Å²) in [6.07, 6.45) is 1.12. The number of phenolic OH excluding ortho intramolecular Hbond substituents is 1. The third-order valence-corrected chi connectivity index (χ3v) is 3.71. The lowest BCUT2D eigenvalue weighted by Gasteiger charge is -2.16. The molecule has 1 atom stereocenters. The molecular weight excluding hydrogens is 258 g/mol. The van der Waals surface area contributed by atoms with Crippen molar-refractivity contribution in [3.8, 4) is 5.75 Å². The number of rotatable bonds is 6. The van der Waals surface area contributed by atoms with E-state index in [1.165, 1.54) is 11.1 Å². The maximum absolute atomic E-state index is 9.77. The van der Waals surface area contributed by atoms with E-state index in [1.54, 1.807) is 6.07 Å². The van der Waals surface area contributed by atoms with Crippen LogP contribution in [0.5, 0.6) is 5.75 Å². The van der Waals surface area contributed by atoms with E-state index in [0.717, 1.165) is 12.0 Å². The highest BCUT2D eigenvalue weighted by Gasteiger charge is 2.07. The van der Waals surface area contributed by atoms with Crippen molar-refractivity contribution in [2.24, 2.45) is 5.92 Å². The normalized spacial score (nSPS) is 12.6. The fourth-order valence-electron chi connectivity index (χ4n) is 2.46. The van der Waals surface area contributed by atoms with Gasteiger partial charge in [0.2, 0.25) is 0 Å². The van der Waals surface area contributed by atoms with E-state index in [4.69, 9.17) is 0 Å². The van der Waals surface area contributed by atoms with Gasteiger partial charge in [0.05, 0.1) is 0 Å². The highest BCUT2D eigenvalue weighted by atomic mass is 16.3. The second-order valence-electron chi connectivity index (χ2n) is 6.07. The molecular formula is C19H25NO. The van der Waals surface area contributed by atoms with Crippen molar-refractivity contribution in [2.75, 3.05) is 0 Å². The Morgan fingerprint density at radius 3 is 2.24 bits per heavy atom. The topological polar surface area (TPSA) is 32.3 Å². The average molecular weight is 283 g/mol. The maximum Gasteiger partial charge on any atom is 0.120 e. The first kappa shape index (κ1) is 15.6. The summed E-state index contributed by atoms with van der Waals surface area (Å²) < 4.78 is 0. The van der Waals surface area contributed by atoms with Gasteiger partial charge in [0.1, 0.15) is 5.75 Å². The van der Waals surface area contributed by atoms with Crippen LogP contribution in [0.25, 0.3) is 0 Å². The van der Waals surface area contributed by atoms with Crippen LogP contribution in [0.15, 0.2) is 48.5 Å². The van der Waals surface area contributed by atoms with Gasteiger partial charge in [-0.2, -0.15) is 0 Å². The average Bonchev–Trinajstić information content (AvgIpc) is 2.46. The molecule has 2 aromatic rings. The van der Waals surface area contributed by atoms with Crippen LogP contribution >= 0.6 is 0 Å². The summed E-state index contributed by atoms with van der Waals surface area (Å²) in [5.41, 5.74) is 3.60. The molecule has 0 fully saturated rings. The van der Waals surface area contributed by atoms with E-state index in [0.29, 0.717) is 18.2 Å². The van der Waals surface area contributed by atoms with Gasteiger partial charge in [-0.25, -0.2) is 0 Å². The minimum absolute atomic E-state index is 0.262. The molecule has 112 valence electrons. The van der Waals surface area contributed by atoms with E-state index in [-0.39, 0.29) is 6.04 Å². The summed E-state index contributed by atoms with van der Waals surface area (Å²) in [5.74, 6) is 1.04. The van der Waals surface area contributed by atoms with Gasteiger partial charge in [0.25, 0.3) is 0 Å². The molecule has 0 spiro atoms. The van der Waals surface area contributed by atoms with Crippen molar-refractivity contribution >= 4 is 0 Å². The van der Waals surface area contributed by atoms with Crippen molar-refractivity contribution < 1.29 is 5.11 Å². The summed E-state index contributed by atoms with van der Waals surface area (Å²) in [6.45, 7) is 7.30. The summed E-state index contributed by atoms with van der Waals surface area (Å²) >= 11 is 0. The van der Waals surface area contributed by atoms with Crippen LogP contribution < -0.4 is 5.32 Å². The molecule has 0 saturated carbocycles. The van der Waals surface area contributed by atoms with E-state index in [2.05, 4.69) is 50.4 Å². The summed E-state index contributed by atoms with van der Waals surface area (Å²) in [4.78, 5) is 0. The molecule has 1 unspecified atom stereocenters. The second kappa shape index (κ2) is 7.28. The molecule has 0 aliphatic heterocycles. The van der Waals surface area contributed by atoms with E-state index >= 15 is 0 Å². The Bertz CT molecular complexity index is 560. The Kier molecular flexibility index (Phi) is 5.40. The van der Waals surface area contributed by atoms with Crippen LogP contribution in [0.4, 0.5) is 0 Å². The first-order valence-electron chi connectivity index (χ1n) is 7.65. The number of hydrogen-bond acceptors (Lipinski definition) is 2. The van der Waals surface area contributed by atoms with Crippen molar-refractivity contribution in [3.63, 3.8) is 0 Å². The molecule has 0 saturated heterocycles. The lowest BCUT2D eigenvalue weighted by molar-refractivity contribution is 0.460. The standard InChI is InChI=1S/C19H25NO/c1-14(2)12-16-8-10-17(11-9-16)15(3)20-13-18-6-4-5-7-19(18)21/h4-11,14-15,20-21H,12-13H2,1-3H3. The third-order valence-electron chi connectivity index (χ3n) is 3.71. The summed E-state index contributed by atoms with van der Waals surface area (Å²) in [5, 5.41) is 13.2.